The van der Waals surface area contributed by atoms with Gasteiger partial charge in [-0.1, -0.05) is 0 Å². The smallest absolute Gasteiger partial charge is 0.252 e. The Balaban J connectivity index is 1.19. The number of H-pyrrole nitrogens is 1. The molecule has 224 valence electrons. The number of hydrogen-bond acceptors (Lipinski definition) is 10. The van der Waals surface area contributed by atoms with Gasteiger partial charge in [0.1, 0.15) is 17.2 Å². The summed E-state index contributed by atoms with van der Waals surface area (Å²) in [4.78, 5) is 31.8. The molecule has 5 aromatic rings. The molecule has 0 aromatic carbocycles. The van der Waals surface area contributed by atoms with Gasteiger partial charge in [-0.2, -0.15) is 15.3 Å². The third-order valence-corrected chi connectivity index (χ3v) is 7.96. The lowest BCUT2D eigenvalue weighted by atomic mass is 9.49. The van der Waals surface area contributed by atoms with E-state index in [0.717, 1.165) is 11.9 Å². The van der Waals surface area contributed by atoms with E-state index in [-0.39, 0.29) is 11.8 Å². The van der Waals surface area contributed by atoms with Gasteiger partial charge in [0.2, 0.25) is 0 Å². The van der Waals surface area contributed by atoms with E-state index in [9.17, 15) is 9.18 Å². The third kappa shape index (κ3) is 6.06. The van der Waals surface area contributed by atoms with Gasteiger partial charge in [0.25, 0.3) is 5.91 Å². The number of anilines is 2. The molecule has 3 N–H and O–H groups in total. The lowest BCUT2D eigenvalue weighted by Crippen LogP contribution is -2.51. The number of nitrogens with zero attached hydrogens (tertiary/aromatic N) is 9. The molecule has 1 aliphatic rings. The van der Waals surface area contributed by atoms with Gasteiger partial charge in [0.15, 0.2) is 23.1 Å². The number of aromatic amines is 1. The van der Waals surface area contributed by atoms with Crippen LogP contribution in [0.25, 0.3) is 16.9 Å². The molecule has 6 radical (unpaired) electrons. The molecule has 14 nitrogen and oxygen atoms in total. The number of aromatic nitrogens is 10. The second-order valence-electron chi connectivity index (χ2n) is 11.2. The molecule has 0 aliphatic heterocycles. The van der Waals surface area contributed by atoms with E-state index in [1.54, 1.807) is 13.1 Å². The number of ether oxygens (including phenoxy) is 1. The zero-order valence-electron chi connectivity index (χ0n) is 24.9. The van der Waals surface area contributed by atoms with Crippen LogP contribution in [0.1, 0.15) is 61.8 Å². The second-order valence-corrected chi connectivity index (χ2v) is 11.2. The van der Waals surface area contributed by atoms with E-state index in [1.165, 1.54) is 35.1 Å². The maximum absolute atomic E-state index is 13.6. The summed E-state index contributed by atoms with van der Waals surface area (Å²) in [5.74, 6) is 1.05. The first-order chi connectivity index (χ1) is 21.5. The Bertz CT molecular complexity index is 1830. The van der Waals surface area contributed by atoms with Crippen molar-refractivity contribution in [2.75, 3.05) is 12.4 Å². The van der Waals surface area contributed by atoms with Crippen molar-refractivity contribution in [3.05, 3.63) is 60.1 Å². The molecule has 0 bridgehead atoms. The van der Waals surface area contributed by atoms with E-state index in [0.29, 0.717) is 65.7 Å². The van der Waals surface area contributed by atoms with Crippen molar-refractivity contribution in [3.63, 3.8) is 0 Å². The first-order valence-electron chi connectivity index (χ1n) is 14.3. The quantitative estimate of drug-likeness (QED) is 0.211. The fourth-order valence-electron chi connectivity index (χ4n) is 5.46. The number of carbonyl (C=O) groups is 1. The van der Waals surface area contributed by atoms with Gasteiger partial charge < -0.3 is 15.4 Å². The minimum atomic E-state index is -1.79. The highest BCUT2D eigenvalue weighted by atomic mass is 19.1. The fraction of sp³-hybridized carbons (Fsp3) is 0.407. The Kier molecular flexibility index (Phi) is 7.93. The highest BCUT2D eigenvalue weighted by molar-refractivity contribution is 6.56. The standard InChI is InChI=1S/C27H28B3FN12O2/c1-14-8-20(41-40-14)37-23-18-10-35-43(27(28,29)30)24(18)39-22(38-23)16-4-6-26(45-3,7-5-16)25(44)36-15(2)19-11-33-21(12-32-19)42-13-17(31)9-34-42/h8-13,15-16H,4-7H2,1-3H3,(H,36,44)(H2,37,38,39,40,41)/t15-,16?,26?/m0/s1. The van der Waals surface area contributed by atoms with Crippen LogP contribution in [0.4, 0.5) is 16.0 Å². The maximum atomic E-state index is 13.6. The average Bonchev–Trinajstić information content (AvgIpc) is 3.76. The Morgan fingerprint density at radius 2 is 1.93 bits per heavy atom. The normalized spacial score (nSPS) is 19.4. The number of fused-ring (bicyclic) bond motifs is 1. The van der Waals surface area contributed by atoms with E-state index < -0.39 is 22.7 Å². The highest BCUT2D eigenvalue weighted by Crippen LogP contribution is 2.40. The number of aryl methyl sites for hydroxylation is 1. The average molecular weight is 604 g/mol. The highest BCUT2D eigenvalue weighted by Gasteiger charge is 2.43. The predicted molar refractivity (Wildman–Crippen MR) is 164 cm³/mol. The third-order valence-electron chi connectivity index (χ3n) is 7.96. The van der Waals surface area contributed by atoms with Crippen LogP contribution >= 0.6 is 0 Å². The molecule has 5 heterocycles. The largest absolute Gasteiger partial charge is 0.368 e. The van der Waals surface area contributed by atoms with E-state index in [4.69, 9.17) is 38.2 Å². The number of nitrogens with one attached hydrogen (secondary N) is 3. The van der Waals surface area contributed by atoms with Crippen LogP contribution in [0.3, 0.4) is 0 Å². The van der Waals surface area contributed by atoms with Crippen molar-refractivity contribution in [2.24, 2.45) is 0 Å². The topological polar surface area (TPSA) is 166 Å². The van der Waals surface area contributed by atoms with Gasteiger partial charge in [0, 0.05) is 24.8 Å². The molecule has 1 fully saturated rings. The summed E-state index contributed by atoms with van der Waals surface area (Å²) in [6.07, 6.45) is 8.75. The molecule has 0 saturated heterocycles. The molecule has 0 spiro atoms. The van der Waals surface area contributed by atoms with Crippen molar-refractivity contribution in [1.29, 1.82) is 0 Å². The summed E-state index contributed by atoms with van der Waals surface area (Å²) >= 11 is 0. The Labute approximate surface area is 261 Å². The molecular formula is C27H28B3FN12O2. The number of hydrogen-bond donors (Lipinski definition) is 3. The van der Waals surface area contributed by atoms with Crippen molar-refractivity contribution < 1.29 is 13.9 Å². The summed E-state index contributed by atoms with van der Waals surface area (Å²) in [5, 5.41) is 20.3. The summed E-state index contributed by atoms with van der Waals surface area (Å²) in [6, 6.07) is 1.37. The van der Waals surface area contributed by atoms with Crippen molar-refractivity contribution in [3.8, 4) is 5.82 Å². The zero-order valence-corrected chi connectivity index (χ0v) is 24.9. The maximum Gasteiger partial charge on any atom is 0.252 e. The van der Waals surface area contributed by atoms with E-state index in [1.807, 2.05) is 13.0 Å². The monoisotopic (exact) mass is 604 g/mol. The predicted octanol–water partition coefficient (Wildman–Crippen LogP) is 1.71. The Morgan fingerprint density at radius 3 is 2.53 bits per heavy atom. The van der Waals surface area contributed by atoms with Gasteiger partial charge in [-0.3, -0.25) is 19.6 Å². The molecule has 5 aromatic heterocycles. The SMILES string of the molecule is [B]C([B])([B])n1ncc2c(Nc3cc(C)[nH]n3)nc(C3CCC(OC)(C(=O)N[C@@H](C)c4cnc(-n5cc(F)cn5)cn4)CC3)nc21. The number of rotatable bonds is 9. The summed E-state index contributed by atoms with van der Waals surface area (Å²) in [6.45, 7) is 3.69. The lowest BCUT2D eigenvalue weighted by molar-refractivity contribution is -0.148. The first kappa shape index (κ1) is 30.4. The van der Waals surface area contributed by atoms with Gasteiger partial charge >= 0.3 is 0 Å². The van der Waals surface area contributed by atoms with E-state index >= 15 is 0 Å². The van der Waals surface area contributed by atoms with Crippen LogP contribution in [0.15, 0.2) is 37.1 Å². The zero-order chi connectivity index (χ0) is 31.9. The van der Waals surface area contributed by atoms with Crippen molar-refractivity contribution in [2.45, 2.75) is 62.3 Å². The molecule has 1 amide bonds. The Morgan fingerprint density at radius 1 is 1.16 bits per heavy atom. The molecule has 0 unspecified atom stereocenters. The first-order valence-corrected chi connectivity index (χ1v) is 14.3. The van der Waals surface area contributed by atoms with Crippen LogP contribution in [-0.4, -0.2) is 91.9 Å². The van der Waals surface area contributed by atoms with Crippen LogP contribution in [-0.2, 0) is 14.8 Å². The second kappa shape index (κ2) is 11.7. The number of halogens is 1. The molecule has 18 heteroatoms. The fourth-order valence-corrected chi connectivity index (χ4v) is 5.46. The summed E-state index contributed by atoms with van der Waals surface area (Å²) in [7, 11) is 19.5. The summed E-state index contributed by atoms with van der Waals surface area (Å²) < 4.78 is 21.7. The number of amides is 1. The van der Waals surface area contributed by atoms with Crippen LogP contribution < -0.4 is 10.6 Å². The molecule has 45 heavy (non-hydrogen) atoms. The molecule has 6 rings (SSSR count). The Hall–Kier alpha value is -4.60. The minimum Gasteiger partial charge on any atom is -0.368 e. The summed E-state index contributed by atoms with van der Waals surface area (Å²) in [5.41, 5.74) is 0.697. The minimum absolute atomic E-state index is 0.110. The number of methoxy groups -OCH3 is 1. The van der Waals surface area contributed by atoms with Gasteiger partial charge in [-0.15, -0.1) is 0 Å². The van der Waals surface area contributed by atoms with Crippen LogP contribution in [0, 0.1) is 12.7 Å². The molecule has 1 saturated carbocycles. The molecule has 1 atom stereocenters. The van der Waals surface area contributed by atoms with Gasteiger partial charge in [-0.25, -0.2) is 24.0 Å². The van der Waals surface area contributed by atoms with Crippen LogP contribution in [0.2, 0.25) is 0 Å². The molecule has 1 aliphatic carbocycles. The van der Waals surface area contributed by atoms with E-state index in [2.05, 4.69) is 41.0 Å². The van der Waals surface area contributed by atoms with Gasteiger partial charge in [-0.05, 0) is 44.8 Å². The van der Waals surface area contributed by atoms with Crippen LogP contribution in [0.5, 0.6) is 0 Å². The lowest BCUT2D eigenvalue weighted by Gasteiger charge is -2.38. The van der Waals surface area contributed by atoms with Crippen molar-refractivity contribution in [1.82, 2.24) is 55.0 Å². The molecular weight excluding hydrogens is 576 g/mol. The van der Waals surface area contributed by atoms with Crippen molar-refractivity contribution >= 4 is 52.1 Å². The van der Waals surface area contributed by atoms with Gasteiger partial charge in [0.05, 0.1) is 71.6 Å². The number of carbonyl (C=O) groups excluding carboxylic acids is 1.